The van der Waals surface area contributed by atoms with E-state index >= 15 is 0 Å². The van der Waals surface area contributed by atoms with E-state index in [0.29, 0.717) is 44.7 Å². The van der Waals surface area contributed by atoms with Crippen LogP contribution in [0.1, 0.15) is 16.7 Å². The van der Waals surface area contributed by atoms with E-state index in [0.717, 1.165) is 17.4 Å². The van der Waals surface area contributed by atoms with E-state index in [4.69, 9.17) is 4.74 Å². The maximum Gasteiger partial charge on any atom is 0.416 e. The van der Waals surface area contributed by atoms with Crippen LogP contribution < -0.4 is 4.74 Å². The number of benzene rings is 2. The Hall–Kier alpha value is -2.54. The van der Waals surface area contributed by atoms with Crippen LogP contribution in [-0.4, -0.2) is 49.0 Å². The molecule has 2 aromatic carbocycles. The van der Waals surface area contributed by atoms with Gasteiger partial charge in [-0.25, -0.2) is 0 Å². The Labute approximate surface area is 162 Å². The van der Waals surface area contributed by atoms with Crippen LogP contribution in [0.25, 0.3) is 0 Å². The van der Waals surface area contributed by atoms with Crippen molar-refractivity contribution in [3.8, 4) is 5.75 Å². The molecule has 0 radical (unpaired) electrons. The van der Waals surface area contributed by atoms with Gasteiger partial charge < -0.3 is 9.64 Å². The Bertz CT molecular complexity index is 815. The summed E-state index contributed by atoms with van der Waals surface area (Å²) in [5, 5.41) is 0. The van der Waals surface area contributed by atoms with Gasteiger partial charge in [0, 0.05) is 32.7 Å². The molecule has 7 heteroatoms. The molecule has 0 saturated carbocycles. The molecule has 150 valence electrons. The fourth-order valence-corrected chi connectivity index (χ4v) is 3.33. The number of ether oxygens (including phenoxy) is 1. The second kappa shape index (κ2) is 8.65. The molecule has 1 saturated heterocycles. The molecule has 1 amide bonds. The van der Waals surface area contributed by atoms with Crippen molar-refractivity contribution >= 4 is 5.91 Å². The van der Waals surface area contributed by atoms with Crippen molar-refractivity contribution in [2.24, 2.45) is 0 Å². The summed E-state index contributed by atoms with van der Waals surface area (Å²) in [5.74, 6) is 0.767. The number of hydrogen-bond donors (Lipinski definition) is 0. The molecule has 4 nitrogen and oxygen atoms in total. The molecule has 1 heterocycles. The quantitative estimate of drug-likeness (QED) is 0.780. The molecule has 2 aromatic rings. The van der Waals surface area contributed by atoms with Crippen molar-refractivity contribution in [3.63, 3.8) is 0 Å². The van der Waals surface area contributed by atoms with Crippen LogP contribution in [0.4, 0.5) is 13.2 Å². The molecule has 0 aliphatic carbocycles. The first-order valence-corrected chi connectivity index (χ1v) is 9.14. The maximum absolute atomic E-state index is 12.8. The van der Waals surface area contributed by atoms with Gasteiger partial charge in [-0.05, 0) is 29.3 Å². The summed E-state index contributed by atoms with van der Waals surface area (Å²) < 4.78 is 43.7. The van der Waals surface area contributed by atoms with Gasteiger partial charge in [0.2, 0.25) is 5.91 Å². The summed E-state index contributed by atoms with van der Waals surface area (Å²) in [4.78, 5) is 16.4. The predicted octanol–water partition coefficient (Wildman–Crippen LogP) is 3.60. The SMILES string of the molecule is COc1cccc(CC(=O)N2CCN(Cc3cccc(C(F)(F)F)c3)CC2)c1. The van der Waals surface area contributed by atoms with Gasteiger partial charge in [-0.1, -0.05) is 30.3 Å². The molecule has 0 aromatic heterocycles. The van der Waals surface area contributed by atoms with E-state index in [1.54, 1.807) is 13.2 Å². The first kappa shape index (κ1) is 20.2. The van der Waals surface area contributed by atoms with Gasteiger partial charge in [-0.2, -0.15) is 13.2 Å². The molecular weight excluding hydrogens is 369 g/mol. The Morgan fingerprint density at radius 1 is 1.00 bits per heavy atom. The molecule has 3 rings (SSSR count). The zero-order chi connectivity index (χ0) is 20.1. The highest BCUT2D eigenvalue weighted by molar-refractivity contribution is 5.79. The van der Waals surface area contributed by atoms with Crippen molar-refractivity contribution < 1.29 is 22.7 Å². The minimum atomic E-state index is -4.33. The van der Waals surface area contributed by atoms with Crippen LogP contribution in [0.3, 0.4) is 0 Å². The van der Waals surface area contributed by atoms with Gasteiger partial charge >= 0.3 is 6.18 Å². The van der Waals surface area contributed by atoms with E-state index in [9.17, 15) is 18.0 Å². The first-order chi connectivity index (χ1) is 13.3. The average Bonchev–Trinajstić information content (AvgIpc) is 2.68. The Kier molecular flexibility index (Phi) is 6.24. The predicted molar refractivity (Wildman–Crippen MR) is 100.0 cm³/mol. The molecule has 0 unspecified atom stereocenters. The Balaban J connectivity index is 1.52. The van der Waals surface area contributed by atoms with Crippen molar-refractivity contribution in [2.45, 2.75) is 19.1 Å². The number of hydrogen-bond acceptors (Lipinski definition) is 3. The lowest BCUT2D eigenvalue weighted by Gasteiger charge is -2.35. The number of amides is 1. The van der Waals surface area contributed by atoms with Crippen molar-refractivity contribution in [1.82, 2.24) is 9.80 Å². The average molecular weight is 392 g/mol. The van der Waals surface area contributed by atoms with Crippen LogP contribution in [0.5, 0.6) is 5.75 Å². The normalized spacial score (nSPS) is 15.5. The number of piperazine rings is 1. The largest absolute Gasteiger partial charge is 0.497 e. The second-order valence-corrected chi connectivity index (χ2v) is 6.88. The van der Waals surface area contributed by atoms with Crippen molar-refractivity contribution in [1.29, 1.82) is 0 Å². The summed E-state index contributed by atoms with van der Waals surface area (Å²) in [7, 11) is 1.59. The van der Waals surface area contributed by atoms with Gasteiger partial charge in [0.25, 0.3) is 0 Å². The zero-order valence-electron chi connectivity index (χ0n) is 15.7. The lowest BCUT2D eigenvalue weighted by Crippen LogP contribution is -2.48. The fraction of sp³-hybridized carbons (Fsp3) is 0.381. The molecular formula is C21H23F3N2O2. The van der Waals surface area contributed by atoms with Gasteiger partial charge in [0.15, 0.2) is 0 Å². The van der Waals surface area contributed by atoms with Gasteiger partial charge in [0.05, 0.1) is 19.1 Å². The Morgan fingerprint density at radius 3 is 2.36 bits per heavy atom. The van der Waals surface area contributed by atoms with Crippen molar-refractivity contribution in [3.05, 3.63) is 65.2 Å². The smallest absolute Gasteiger partial charge is 0.416 e. The summed E-state index contributed by atoms with van der Waals surface area (Å²) >= 11 is 0. The highest BCUT2D eigenvalue weighted by Gasteiger charge is 2.30. The van der Waals surface area contributed by atoms with Gasteiger partial charge in [-0.3, -0.25) is 9.69 Å². The van der Waals surface area contributed by atoms with Gasteiger partial charge in [-0.15, -0.1) is 0 Å². The molecule has 0 bridgehead atoms. The fourth-order valence-electron chi connectivity index (χ4n) is 3.33. The minimum Gasteiger partial charge on any atom is -0.497 e. The molecule has 1 aliphatic rings. The van der Waals surface area contributed by atoms with E-state index in [-0.39, 0.29) is 5.91 Å². The third-order valence-electron chi connectivity index (χ3n) is 4.87. The number of nitrogens with zero attached hydrogens (tertiary/aromatic N) is 2. The highest BCUT2D eigenvalue weighted by Crippen LogP contribution is 2.29. The minimum absolute atomic E-state index is 0.0481. The van der Waals surface area contributed by atoms with E-state index in [2.05, 4.69) is 4.90 Å². The summed E-state index contributed by atoms with van der Waals surface area (Å²) in [5.41, 5.74) is 0.902. The summed E-state index contributed by atoms with van der Waals surface area (Å²) in [6, 6.07) is 12.8. The maximum atomic E-state index is 12.8. The number of carbonyl (C=O) groups is 1. The number of carbonyl (C=O) groups excluding carboxylic acids is 1. The van der Waals surface area contributed by atoms with Crippen LogP contribution in [0.15, 0.2) is 48.5 Å². The standard InChI is InChI=1S/C21H23F3N2O2/c1-28-19-7-3-4-16(13-19)14-20(27)26-10-8-25(9-11-26)15-17-5-2-6-18(12-17)21(22,23)24/h2-7,12-13H,8-11,14-15H2,1H3. The van der Waals surface area contributed by atoms with Crippen LogP contribution >= 0.6 is 0 Å². The van der Waals surface area contributed by atoms with Crippen LogP contribution in [0.2, 0.25) is 0 Å². The second-order valence-electron chi connectivity index (χ2n) is 6.88. The molecule has 0 atom stereocenters. The topological polar surface area (TPSA) is 32.8 Å². The van der Waals surface area contributed by atoms with E-state index < -0.39 is 11.7 Å². The number of rotatable bonds is 5. The summed E-state index contributed by atoms with van der Waals surface area (Å²) in [6.07, 6.45) is -4.02. The summed E-state index contributed by atoms with van der Waals surface area (Å²) in [6.45, 7) is 2.87. The third kappa shape index (κ3) is 5.25. The Morgan fingerprint density at radius 2 is 1.68 bits per heavy atom. The van der Waals surface area contributed by atoms with E-state index in [1.165, 1.54) is 12.1 Å². The van der Waals surface area contributed by atoms with E-state index in [1.807, 2.05) is 29.2 Å². The lowest BCUT2D eigenvalue weighted by molar-refractivity contribution is -0.137. The number of halogens is 3. The number of alkyl halides is 3. The third-order valence-corrected chi connectivity index (χ3v) is 4.87. The molecule has 0 N–H and O–H groups in total. The monoisotopic (exact) mass is 392 g/mol. The first-order valence-electron chi connectivity index (χ1n) is 9.14. The van der Waals surface area contributed by atoms with Gasteiger partial charge in [0.1, 0.15) is 5.75 Å². The van der Waals surface area contributed by atoms with Crippen LogP contribution in [-0.2, 0) is 23.9 Å². The molecule has 1 aliphatic heterocycles. The molecule has 1 fully saturated rings. The molecule has 0 spiro atoms. The lowest BCUT2D eigenvalue weighted by atomic mass is 10.1. The van der Waals surface area contributed by atoms with Crippen molar-refractivity contribution in [2.75, 3.05) is 33.3 Å². The highest BCUT2D eigenvalue weighted by atomic mass is 19.4. The van der Waals surface area contributed by atoms with Crippen LogP contribution in [0, 0.1) is 0 Å². The number of methoxy groups -OCH3 is 1. The molecule has 28 heavy (non-hydrogen) atoms. The zero-order valence-corrected chi connectivity index (χ0v) is 15.7.